The molecule has 2 aromatic carbocycles. The number of aryl methyl sites for hydroxylation is 2. The molecule has 8 heteroatoms. The van der Waals surface area contributed by atoms with Crippen LogP contribution < -0.4 is 14.8 Å². The van der Waals surface area contributed by atoms with Gasteiger partial charge in [0.1, 0.15) is 10.6 Å². The Morgan fingerprint density at radius 2 is 1.70 bits per heavy atom. The van der Waals surface area contributed by atoms with Crippen molar-refractivity contribution in [3.63, 3.8) is 0 Å². The van der Waals surface area contributed by atoms with Gasteiger partial charge in [0, 0.05) is 21.8 Å². The van der Waals surface area contributed by atoms with E-state index in [0.29, 0.717) is 5.69 Å². The summed E-state index contributed by atoms with van der Waals surface area (Å²) in [4.78, 5) is 12.9. The van der Waals surface area contributed by atoms with Crippen molar-refractivity contribution in [2.45, 2.75) is 56.9 Å². The molecule has 1 aliphatic rings. The summed E-state index contributed by atoms with van der Waals surface area (Å²) in [6, 6.07) is 8.21. The Kier molecular flexibility index (Phi) is 7.21. The number of amides is 1. The van der Waals surface area contributed by atoms with Gasteiger partial charge < -0.3 is 10.1 Å². The summed E-state index contributed by atoms with van der Waals surface area (Å²) in [7, 11) is -2.39. The van der Waals surface area contributed by atoms with Gasteiger partial charge >= 0.3 is 0 Å². The molecule has 0 bridgehead atoms. The second kappa shape index (κ2) is 9.49. The molecule has 1 saturated carbocycles. The lowest BCUT2D eigenvalue weighted by Gasteiger charge is -2.23. The summed E-state index contributed by atoms with van der Waals surface area (Å²) >= 11 is 3.45. The second-order valence-corrected chi connectivity index (χ2v) is 10.3. The summed E-state index contributed by atoms with van der Waals surface area (Å²) in [5.74, 6) is -0.161. The Morgan fingerprint density at radius 1 is 1.07 bits per heavy atom. The molecule has 0 spiro atoms. The number of halogens is 1. The first-order chi connectivity index (χ1) is 14.2. The van der Waals surface area contributed by atoms with Crippen molar-refractivity contribution in [1.82, 2.24) is 4.72 Å². The van der Waals surface area contributed by atoms with Gasteiger partial charge in [-0.05, 0) is 68.1 Å². The number of anilines is 1. The minimum atomic E-state index is -3.81. The van der Waals surface area contributed by atoms with Gasteiger partial charge in [0.05, 0.1) is 7.11 Å². The quantitative estimate of drug-likeness (QED) is 0.595. The van der Waals surface area contributed by atoms with E-state index in [1.54, 1.807) is 6.07 Å². The summed E-state index contributed by atoms with van der Waals surface area (Å²) in [5, 5.41) is 2.90. The number of ether oxygens (including phenoxy) is 1. The fourth-order valence-corrected chi connectivity index (χ4v) is 6.01. The Labute approximate surface area is 186 Å². The van der Waals surface area contributed by atoms with Crippen LogP contribution in [0.5, 0.6) is 5.75 Å². The van der Waals surface area contributed by atoms with Crippen molar-refractivity contribution in [2.24, 2.45) is 0 Å². The fraction of sp³-hybridized carbons (Fsp3) is 0.409. The zero-order valence-corrected chi connectivity index (χ0v) is 19.8. The van der Waals surface area contributed by atoms with Gasteiger partial charge in [0.2, 0.25) is 10.0 Å². The average molecular weight is 495 g/mol. The van der Waals surface area contributed by atoms with E-state index in [0.717, 1.165) is 47.7 Å². The molecule has 0 heterocycles. The zero-order valence-electron chi connectivity index (χ0n) is 17.4. The first-order valence-corrected chi connectivity index (χ1v) is 12.3. The molecular formula is C22H27BrN2O4S. The molecule has 1 aliphatic carbocycles. The van der Waals surface area contributed by atoms with E-state index in [-0.39, 0.29) is 28.2 Å². The SMILES string of the molecule is COc1ccc(C(=O)Nc2c(C)cc(Br)cc2C)cc1S(=O)(=O)NC1CCCCC1. The molecule has 0 atom stereocenters. The zero-order chi connectivity index (χ0) is 21.9. The maximum Gasteiger partial charge on any atom is 0.255 e. The topological polar surface area (TPSA) is 84.5 Å². The van der Waals surface area contributed by atoms with Gasteiger partial charge in [-0.15, -0.1) is 0 Å². The lowest BCUT2D eigenvalue weighted by atomic mass is 9.96. The number of hydrogen-bond acceptors (Lipinski definition) is 4. The van der Waals surface area contributed by atoms with E-state index in [1.807, 2.05) is 26.0 Å². The van der Waals surface area contributed by atoms with Crippen molar-refractivity contribution in [3.8, 4) is 5.75 Å². The normalized spacial score (nSPS) is 15.1. The van der Waals surface area contributed by atoms with Crippen LogP contribution in [0, 0.1) is 13.8 Å². The highest BCUT2D eigenvalue weighted by molar-refractivity contribution is 9.10. The molecule has 1 fully saturated rings. The minimum absolute atomic E-state index is 0.0209. The number of rotatable bonds is 6. The fourth-order valence-electron chi connectivity index (χ4n) is 3.82. The van der Waals surface area contributed by atoms with Gasteiger partial charge in [0.25, 0.3) is 5.91 Å². The highest BCUT2D eigenvalue weighted by Crippen LogP contribution is 2.29. The van der Waals surface area contributed by atoms with Crippen LogP contribution in [0.2, 0.25) is 0 Å². The number of carbonyl (C=O) groups excluding carboxylic acids is 1. The average Bonchev–Trinajstić information content (AvgIpc) is 2.70. The molecular weight excluding hydrogens is 468 g/mol. The Balaban J connectivity index is 1.89. The number of carbonyl (C=O) groups is 1. The lowest BCUT2D eigenvalue weighted by molar-refractivity contribution is 0.102. The van der Waals surface area contributed by atoms with Crippen LogP contribution in [-0.4, -0.2) is 27.5 Å². The number of hydrogen-bond donors (Lipinski definition) is 2. The highest BCUT2D eigenvalue weighted by Gasteiger charge is 2.26. The molecule has 0 unspecified atom stereocenters. The van der Waals surface area contributed by atoms with Gasteiger partial charge in [-0.3, -0.25) is 4.79 Å². The van der Waals surface area contributed by atoms with Crippen LogP contribution in [-0.2, 0) is 10.0 Å². The first kappa shape index (κ1) is 22.8. The van der Waals surface area contributed by atoms with E-state index in [4.69, 9.17) is 4.74 Å². The molecule has 0 radical (unpaired) electrons. The highest BCUT2D eigenvalue weighted by atomic mass is 79.9. The van der Waals surface area contributed by atoms with E-state index >= 15 is 0 Å². The van der Waals surface area contributed by atoms with Crippen molar-refractivity contribution in [3.05, 3.63) is 51.5 Å². The first-order valence-electron chi connectivity index (χ1n) is 9.99. The monoisotopic (exact) mass is 494 g/mol. The molecule has 0 saturated heterocycles. The largest absolute Gasteiger partial charge is 0.495 e. The summed E-state index contributed by atoms with van der Waals surface area (Å²) in [5.41, 5.74) is 2.79. The van der Waals surface area contributed by atoms with Crippen molar-refractivity contribution in [2.75, 3.05) is 12.4 Å². The maximum absolute atomic E-state index is 13.0. The van der Waals surface area contributed by atoms with Crippen molar-refractivity contribution < 1.29 is 17.9 Å². The van der Waals surface area contributed by atoms with Crippen molar-refractivity contribution >= 4 is 37.5 Å². The van der Waals surface area contributed by atoms with Crippen LogP contribution >= 0.6 is 15.9 Å². The number of benzene rings is 2. The van der Waals surface area contributed by atoms with Crippen LogP contribution in [0.3, 0.4) is 0 Å². The summed E-state index contributed by atoms with van der Waals surface area (Å²) in [6.07, 6.45) is 4.80. The molecule has 162 valence electrons. The number of nitrogens with one attached hydrogen (secondary N) is 2. The van der Waals surface area contributed by atoms with Gasteiger partial charge in [-0.1, -0.05) is 35.2 Å². The minimum Gasteiger partial charge on any atom is -0.495 e. The van der Waals surface area contributed by atoms with Crippen LogP contribution in [0.1, 0.15) is 53.6 Å². The molecule has 1 amide bonds. The van der Waals surface area contributed by atoms with E-state index < -0.39 is 10.0 Å². The van der Waals surface area contributed by atoms with Crippen LogP contribution in [0.4, 0.5) is 5.69 Å². The lowest BCUT2D eigenvalue weighted by Crippen LogP contribution is -2.36. The number of methoxy groups -OCH3 is 1. The molecule has 2 N–H and O–H groups in total. The summed E-state index contributed by atoms with van der Waals surface area (Å²) in [6.45, 7) is 3.82. The Morgan fingerprint density at radius 3 is 2.30 bits per heavy atom. The third-order valence-corrected chi connectivity index (χ3v) is 7.38. The molecule has 0 aromatic heterocycles. The van der Waals surface area contributed by atoms with Gasteiger partial charge in [-0.2, -0.15) is 0 Å². The maximum atomic E-state index is 13.0. The standard InChI is InChI=1S/C22H27BrN2O4S/c1-14-11-17(23)12-15(2)21(14)24-22(26)16-9-10-19(29-3)20(13-16)30(27,28)25-18-7-5-4-6-8-18/h9-13,18,25H,4-8H2,1-3H3,(H,24,26). The molecule has 0 aliphatic heterocycles. The summed E-state index contributed by atoms with van der Waals surface area (Å²) < 4.78 is 35.0. The van der Waals surface area contributed by atoms with E-state index in [9.17, 15) is 13.2 Å². The van der Waals surface area contributed by atoms with E-state index in [2.05, 4.69) is 26.0 Å². The van der Waals surface area contributed by atoms with Crippen LogP contribution in [0.25, 0.3) is 0 Å². The molecule has 6 nitrogen and oxygen atoms in total. The van der Waals surface area contributed by atoms with Crippen LogP contribution in [0.15, 0.2) is 39.7 Å². The third-order valence-electron chi connectivity index (χ3n) is 5.38. The smallest absolute Gasteiger partial charge is 0.255 e. The van der Waals surface area contributed by atoms with E-state index in [1.165, 1.54) is 19.2 Å². The van der Waals surface area contributed by atoms with Gasteiger partial charge in [-0.25, -0.2) is 13.1 Å². The molecule has 3 rings (SSSR count). The molecule has 30 heavy (non-hydrogen) atoms. The Hall–Kier alpha value is -1.90. The third kappa shape index (κ3) is 5.22. The predicted molar refractivity (Wildman–Crippen MR) is 122 cm³/mol. The Bertz CT molecular complexity index is 1020. The molecule has 2 aromatic rings. The second-order valence-electron chi connectivity index (χ2n) is 7.69. The predicted octanol–water partition coefficient (Wildman–Crippen LogP) is 4.94. The van der Waals surface area contributed by atoms with Gasteiger partial charge in [0.15, 0.2) is 0 Å². The van der Waals surface area contributed by atoms with Crippen molar-refractivity contribution in [1.29, 1.82) is 0 Å². The number of sulfonamides is 1.